The van der Waals surface area contributed by atoms with Gasteiger partial charge >= 0.3 is 0 Å². The van der Waals surface area contributed by atoms with Gasteiger partial charge in [0.05, 0.1) is 17.5 Å². The van der Waals surface area contributed by atoms with Gasteiger partial charge in [-0.1, -0.05) is 0 Å². The number of thiophene rings is 1. The standard InChI is InChI=1S/C13H19NO2S/c1-9-3-4-13(17-9)12(16)8-14(2)7-10-5-11(15)6-10/h3-4,10-11,15H,5-8H2,1-2H3. The van der Waals surface area contributed by atoms with Crippen molar-refractivity contribution in [3.63, 3.8) is 0 Å². The van der Waals surface area contributed by atoms with Crippen LogP contribution < -0.4 is 0 Å². The van der Waals surface area contributed by atoms with E-state index in [-0.39, 0.29) is 11.9 Å². The summed E-state index contributed by atoms with van der Waals surface area (Å²) in [6, 6.07) is 3.89. The van der Waals surface area contributed by atoms with E-state index in [1.54, 1.807) is 11.3 Å². The van der Waals surface area contributed by atoms with Crippen LogP contribution in [0.1, 0.15) is 27.4 Å². The van der Waals surface area contributed by atoms with Crippen molar-refractivity contribution < 1.29 is 9.90 Å². The normalized spacial score (nSPS) is 23.8. The van der Waals surface area contributed by atoms with Crippen molar-refractivity contribution in [2.24, 2.45) is 5.92 Å². The van der Waals surface area contributed by atoms with Crippen molar-refractivity contribution in [2.75, 3.05) is 20.1 Å². The molecule has 1 aliphatic carbocycles. The van der Waals surface area contributed by atoms with Crippen LogP contribution in [0.3, 0.4) is 0 Å². The van der Waals surface area contributed by atoms with Crippen LogP contribution in [0.15, 0.2) is 12.1 Å². The molecule has 0 aliphatic heterocycles. The van der Waals surface area contributed by atoms with Crippen LogP contribution in [0.2, 0.25) is 0 Å². The third-order valence-electron chi connectivity index (χ3n) is 3.21. The predicted molar refractivity (Wildman–Crippen MR) is 69.6 cm³/mol. The maximum absolute atomic E-state index is 11.9. The van der Waals surface area contributed by atoms with Crippen LogP contribution in [0.5, 0.6) is 0 Å². The molecule has 1 aliphatic rings. The SMILES string of the molecule is Cc1ccc(C(=O)CN(C)CC2CC(O)C2)s1. The van der Waals surface area contributed by atoms with Crippen molar-refractivity contribution in [3.8, 4) is 0 Å². The monoisotopic (exact) mass is 253 g/mol. The van der Waals surface area contributed by atoms with E-state index in [2.05, 4.69) is 4.90 Å². The second-order valence-electron chi connectivity index (χ2n) is 5.02. The highest BCUT2D eigenvalue weighted by molar-refractivity contribution is 7.14. The van der Waals surface area contributed by atoms with Crippen LogP contribution in [-0.2, 0) is 0 Å². The Balaban J connectivity index is 1.78. The molecule has 0 spiro atoms. The molecule has 94 valence electrons. The summed E-state index contributed by atoms with van der Waals surface area (Å²) in [4.78, 5) is 16.0. The van der Waals surface area contributed by atoms with Crippen molar-refractivity contribution >= 4 is 17.1 Å². The number of nitrogens with zero attached hydrogens (tertiary/aromatic N) is 1. The largest absolute Gasteiger partial charge is 0.393 e. The quantitative estimate of drug-likeness (QED) is 0.815. The molecule has 2 rings (SSSR count). The molecule has 1 saturated carbocycles. The van der Waals surface area contributed by atoms with Gasteiger partial charge in [-0.25, -0.2) is 0 Å². The Bertz CT molecular complexity index is 396. The maximum atomic E-state index is 11.9. The number of hydrogen-bond acceptors (Lipinski definition) is 4. The summed E-state index contributed by atoms with van der Waals surface area (Å²) in [7, 11) is 1.98. The lowest BCUT2D eigenvalue weighted by atomic mass is 9.82. The summed E-state index contributed by atoms with van der Waals surface area (Å²) in [5.74, 6) is 0.762. The Morgan fingerprint density at radius 2 is 2.24 bits per heavy atom. The second-order valence-corrected chi connectivity index (χ2v) is 6.31. The molecule has 0 saturated heterocycles. The smallest absolute Gasteiger partial charge is 0.186 e. The molecule has 0 aromatic carbocycles. The fourth-order valence-electron chi connectivity index (χ4n) is 2.26. The zero-order valence-corrected chi connectivity index (χ0v) is 11.2. The second kappa shape index (κ2) is 5.29. The van der Waals surface area contributed by atoms with Crippen LogP contribution in [0.4, 0.5) is 0 Å². The Kier molecular flexibility index (Phi) is 3.97. The predicted octanol–water partition coefficient (Wildman–Crippen LogP) is 1.94. The van der Waals surface area contributed by atoms with E-state index in [9.17, 15) is 9.90 Å². The van der Waals surface area contributed by atoms with Gasteiger partial charge in [-0.15, -0.1) is 11.3 Å². The van der Waals surface area contributed by atoms with Gasteiger partial charge in [0.1, 0.15) is 0 Å². The number of hydrogen-bond donors (Lipinski definition) is 1. The maximum Gasteiger partial charge on any atom is 0.186 e. The molecule has 0 amide bonds. The third-order valence-corrected chi connectivity index (χ3v) is 4.25. The molecule has 1 aromatic rings. The van der Waals surface area contributed by atoms with E-state index >= 15 is 0 Å². The number of carbonyl (C=O) groups excluding carboxylic acids is 1. The van der Waals surface area contributed by atoms with E-state index in [4.69, 9.17) is 0 Å². The lowest BCUT2D eigenvalue weighted by Gasteiger charge is -2.34. The van der Waals surface area contributed by atoms with E-state index < -0.39 is 0 Å². The Morgan fingerprint density at radius 1 is 1.53 bits per heavy atom. The number of Topliss-reactive ketones (excluding diaryl/α,β-unsaturated/α-hetero) is 1. The lowest BCUT2D eigenvalue weighted by Crippen LogP contribution is -2.38. The zero-order valence-electron chi connectivity index (χ0n) is 10.3. The van der Waals surface area contributed by atoms with Crippen LogP contribution in [0, 0.1) is 12.8 Å². The fourth-order valence-corrected chi connectivity index (χ4v) is 3.06. The van der Waals surface area contributed by atoms with E-state index in [0.717, 1.165) is 24.3 Å². The fraction of sp³-hybridized carbons (Fsp3) is 0.615. The van der Waals surface area contributed by atoms with Gasteiger partial charge in [0.15, 0.2) is 5.78 Å². The van der Waals surface area contributed by atoms with Crippen LogP contribution in [-0.4, -0.2) is 42.0 Å². The Morgan fingerprint density at radius 3 is 2.76 bits per heavy atom. The number of ketones is 1. The molecule has 4 heteroatoms. The first-order valence-electron chi connectivity index (χ1n) is 6.01. The number of likely N-dealkylation sites (N-methyl/N-ethyl adjacent to an activating group) is 1. The summed E-state index contributed by atoms with van der Waals surface area (Å²) in [6.45, 7) is 3.40. The van der Waals surface area contributed by atoms with Crippen molar-refractivity contribution in [3.05, 3.63) is 21.9 Å². The first-order valence-corrected chi connectivity index (χ1v) is 6.82. The molecule has 0 radical (unpaired) electrons. The van der Waals surface area contributed by atoms with Crippen molar-refractivity contribution in [1.82, 2.24) is 4.90 Å². The molecule has 17 heavy (non-hydrogen) atoms. The van der Waals surface area contributed by atoms with Gasteiger partial charge in [-0.05, 0) is 44.9 Å². The van der Waals surface area contributed by atoms with E-state index in [1.165, 1.54) is 4.88 Å². The summed E-state index contributed by atoms with van der Waals surface area (Å²) >= 11 is 1.56. The average molecular weight is 253 g/mol. The minimum absolute atomic E-state index is 0.107. The number of aryl methyl sites for hydroxylation is 1. The Hall–Kier alpha value is -0.710. The Labute approximate surface area is 106 Å². The van der Waals surface area contributed by atoms with Gasteiger partial charge in [-0.2, -0.15) is 0 Å². The molecule has 3 nitrogen and oxygen atoms in total. The first kappa shape index (κ1) is 12.7. The summed E-state index contributed by atoms with van der Waals surface area (Å²) in [5.41, 5.74) is 0. The average Bonchev–Trinajstić information content (AvgIpc) is 2.62. The highest BCUT2D eigenvalue weighted by atomic mass is 32.1. The minimum Gasteiger partial charge on any atom is -0.393 e. The molecule has 0 unspecified atom stereocenters. The molecule has 1 heterocycles. The topological polar surface area (TPSA) is 40.5 Å². The third kappa shape index (κ3) is 3.37. The first-order chi connectivity index (χ1) is 8.04. The number of aliphatic hydroxyl groups excluding tert-OH is 1. The minimum atomic E-state index is -0.107. The van der Waals surface area contributed by atoms with Gasteiger partial charge in [0.2, 0.25) is 0 Å². The van der Waals surface area contributed by atoms with Gasteiger partial charge in [0, 0.05) is 11.4 Å². The molecule has 1 fully saturated rings. The van der Waals surface area contributed by atoms with Crippen LogP contribution in [0.25, 0.3) is 0 Å². The molecule has 0 atom stereocenters. The van der Waals surface area contributed by atoms with Crippen molar-refractivity contribution in [1.29, 1.82) is 0 Å². The molecular formula is C13H19NO2S. The number of rotatable bonds is 5. The van der Waals surface area contributed by atoms with Gasteiger partial charge < -0.3 is 5.11 Å². The van der Waals surface area contributed by atoms with Crippen molar-refractivity contribution in [2.45, 2.75) is 25.9 Å². The zero-order chi connectivity index (χ0) is 12.4. The van der Waals surface area contributed by atoms with Crippen LogP contribution >= 0.6 is 11.3 Å². The highest BCUT2D eigenvalue weighted by Gasteiger charge is 2.28. The number of aliphatic hydroxyl groups is 1. The molecule has 0 bridgehead atoms. The van der Waals surface area contributed by atoms with Gasteiger partial charge in [-0.3, -0.25) is 9.69 Å². The lowest BCUT2D eigenvalue weighted by molar-refractivity contribution is 0.0286. The molecule has 1 aromatic heterocycles. The summed E-state index contributed by atoms with van der Waals surface area (Å²) in [5, 5.41) is 9.21. The summed E-state index contributed by atoms with van der Waals surface area (Å²) in [6.07, 6.45) is 1.66. The van der Waals surface area contributed by atoms with Gasteiger partial charge in [0.25, 0.3) is 0 Å². The summed E-state index contributed by atoms with van der Waals surface area (Å²) < 4.78 is 0. The molecular weight excluding hydrogens is 234 g/mol. The van der Waals surface area contributed by atoms with E-state index in [1.807, 2.05) is 26.1 Å². The number of carbonyl (C=O) groups is 1. The van der Waals surface area contributed by atoms with E-state index in [0.29, 0.717) is 12.5 Å². The molecule has 1 N–H and O–H groups in total. The highest BCUT2D eigenvalue weighted by Crippen LogP contribution is 2.27.